The highest BCUT2D eigenvalue weighted by atomic mass is 16.5. The minimum atomic E-state index is -0.983. The Hall–Kier alpha value is -2.87. The van der Waals surface area contributed by atoms with E-state index >= 15 is 0 Å². The lowest BCUT2D eigenvalue weighted by Crippen LogP contribution is -2.39. The molecule has 0 unspecified atom stereocenters. The van der Waals surface area contributed by atoms with Crippen LogP contribution in [0.25, 0.3) is 0 Å². The van der Waals surface area contributed by atoms with Crippen molar-refractivity contribution in [1.82, 2.24) is 14.7 Å². The van der Waals surface area contributed by atoms with Gasteiger partial charge >= 0.3 is 5.97 Å². The summed E-state index contributed by atoms with van der Waals surface area (Å²) < 4.78 is 12.4. The predicted octanol–water partition coefficient (Wildman–Crippen LogP) is 2.47. The molecule has 2 heterocycles. The number of methoxy groups -OCH3 is 1. The average molecular weight is 387 g/mol. The van der Waals surface area contributed by atoms with Gasteiger partial charge in [-0.25, -0.2) is 4.79 Å². The number of carbonyl (C=O) groups excluding carboxylic acids is 1. The number of carboxylic acid groups (broad SMARTS) is 1. The van der Waals surface area contributed by atoms with Crippen molar-refractivity contribution in [3.63, 3.8) is 0 Å². The van der Waals surface area contributed by atoms with Gasteiger partial charge in [0.15, 0.2) is 0 Å². The van der Waals surface area contributed by atoms with Crippen LogP contribution in [0.5, 0.6) is 5.75 Å². The second kappa shape index (κ2) is 9.36. The third kappa shape index (κ3) is 4.89. The van der Waals surface area contributed by atoms with Gasteiger partial charge in [0.25, 0.3) is 5.91 Å². The highest BCUT2D eigenvalue weighted by Gasteiger charge is 2.25. The molecule has 28 heavy (non-hydrogen) atoms. The van der Waals surface area contributed by atoms with E-state index in [9.17, 15) is 9.59 Å². The zero-order valence-electron chi connectivity index (χ0n) is 15.9. The maximum absolute atomic E-state index is 12.8. The maximum atomic E-state index is 12.8. The van der Waals surface area contributed by atoms with E-state index in [1.807, 2.05) is 17.0 Å². The monoisotopic (exact) mass is 387 g/mol. The molecule has 1 aliphatic rings. The Morgan fingerprint density at radius 2 is 2.00 bits per heavy atom. The number of rotatable bonds is 8. The Morgan fingerprint density at radius 3 is 2.68 bits per heavy atom. The molecular formula is C20H25N3O5. The fourth-order valence-electron chi connectivity index (χ4n) is 3.28. The Balaban J connectivity index is 1.55. The van der Waals surface area contributed by atoms with E-state index in [0.717, 1.165) is 19.3 Å². The number of piperidine rings is 1. The van der Waals surface area contributed by atoms with E-state index in [-0.39, 0.29) is 17.5 Å². The summed E-state index contributed by atoms with van der Waals surface area (Å²) in [7, 11) is 1.65. The summed E-state index contributed by atoms with van der Waals surface area (Å²) in [6, 6.07) is 7.33. The number of hydrogen-bond acceptors (Lipinski definition) is 5. The molecule has 0 aliphatic carbocycles. The van der Waals surface area contributed by atoms with Gasteiger partial charge < -0.3 is 19.5 Å². The summed E-state index contributed by atoms with van der Waals surface area (Å²) in [5.74, 6) is -0.328. The molecule has 1 N–H and O–H groups in total. The quantitative estimate of drug-likeness (QED) is 0.700. The molecular weight excluding hydrogens is 362 g/mol. The van der Waals surface area contributed by atoms with E-state index in [1.165, 1.54) is 6.20 Å². The number of carboxylic acids is 1. The lowest BCUT2D eigenvalue weighted by Gasteiger charge is -2.32. The van der Waals surface area contributed by atoms with Gasteiger partial charge in [-0.2, -0.15) is 5.10 Å². The summed E-state index contributed by atoms with van der Waals surface area (Å²) >= 11 is 0. The van der Waals surface area contributed by atoms with Crippen LogP contribution in [0.2, 0.25) is 0 Å². The molecule has 1 aliphatic heterocycles. The Bertz CT molecular complexity index is 812. The van der Waals surface area contributed by atoms with Crippen molar-refractivity contribution in [2.75, 3.05) is 33.4 Å². The minimum absolute atomic E-state index is 0.0209. The predicted molar refractivity (Wildman–Crippen MR) is 102 cm³/mol. The standard InChI is InChI=1S/C20H25N3O5/c1-27-10-3-11-28-18-5-2-4-15(12-18)19(24)22-8-6-17(7-9-22)23-14-16(13-21-23)20(25)26/h2,4-5,12-14,17H,3,6-11H2,1H3,(H,25,26). The highest BCUT2D eigenvalue weighted by Crippen LogP contribution is 2.24. The van der Waals surface area contributed by atoms with Crippen LogP contribution in [0.1, 0.15) is 46.0 Å². The van der Waals surface area contributed by atoms with Gasteiger partial charge in [0, 0.05) is 45.0 Å². The van der Waals surface area contributed by atoms with E-state index < -0.39 is 5.97 Å². The van der Waals surface area contributed by atoms with Crippen molar-refractivity contribution < 1.29 is 24.2 Å². The second-order valence-electron chi connectivity index (χ2n) is 6.76. The number of hydrogen-bond donors (Lipinski definition) is 1. The summed E-state index contributed by atoms with van der Waals surface area (Å²) in [6.45, 7) is 2.38. The molecule has 1 aromatic carbocycles. The molecule has 1 fully saturated rings. The summed E-state index contributed by atoms with van der Waals surface area (Å²) in [5, 5.41) is 13.2. The normalized spacial score (nSPS) is 14.8. The molecule has 8 nitrogen and oxygen atoms in total. The summed E-state index contributed by atoms with van der Waals surface area (Å²) in [6.07, 6.45) is 5.17. The molecule has 1 aromatic heterocycles. The molecule has 0 spiro atoms. The first-order valence-electron chi connectivity index (χ1n) is 9.37. The third-order valence-electron chi connectivity index (χ3n) is 4.82. The van der Waals surface area contributed by atoms with Gasteiger partial charge in [0.05, 0.1) is 24.4 Å². The fourth-order valence-corrected chi connectivity index (χ4v) is 3.28. The van der Waals surface area contributed by atoms with Gasteiger partial charge in [0.2, 0.25) is 0 Å². The topological polar surface area (TPSA) is 93.9 Å². The molecule has 0 bridgehead atoms. The zero-order valence-corrected chi connectivity index (χ0v) is 15.9. The number of nitrogens with zero attached hydrogens (tertiary/aromatic N) is 3. The van der Waals surface area contributed by atoms with Crippen molar-refractivity contribution in [2.24, 2.45) is 0 Å². The van der Waals surface area contributed by atoms with E-state index in [4.69, 9.17) is 14.6 Å². The highest BCUT2D eigenvalue weighted by molar-refractivity contribution is 5.94. The number of carbonyl (C=O) groups is 2. The fraction of sp³-hybridized carbons (Fsp3) is 0.450. The second-order valence-corrected chi connectivity index (χ2v) is 6.76. The number of likely N-dealkylation sites (tertiary alicyclic amines) is 1. The van der Waals surface area contributed by atoms with Crippen molar-refractivity contribution in [1.29, 1.82) is 0 Å². The number of aromatic carboxylic acids is 1. The largest absolute Gasteiger partial charge is 0.493 e. The van der Waals surface area contributed by atoms with E-state index in [0.29, 0.717) is 37.6 Å². The van der Waals surface area contributed by atoms with Crippen LogP contribution in [0, 0.1) is 0 Å². The molecule has 1 saturated heterocycles. The number of benzene rings is 1. The Morgan fingerprint density at radius 1 is 1.21 bits per heavy atom. The molecule has 3 rings (SSSR count). The van der Waals surface area contributed by atoms with E-state index in [2.05, 4.69) is 5.10 Å². The van der Waals surface area contributed by atoms with Gasteiger partial charge in [-0.15, -0.1) is 0 Å². The molecule has 0 atom stereocenters. The van der Waals surface area contributed by atoms with E-state index in [1.54, 1.807) is 30.1 Å². The van der Waals surface area contributed by atoms with Crippen LogP contribution in [0.15, 0.2) is 36.7 Å². The van der Waals surface area contributed by atoms with Crippen LogP contribution in [0.4, 0.5) is 0 Å². The average Bonchev–Trinajstić information content (AvgIpc) is 3.22. The van der Waals surface area contributed by atoms with Crippen LogP contribution < -0.4 is 4.74 Å². The first kappa shape index (κ1) is 19.9. The van der Waals surface area contributed by atoms with Crippen LogP contribution >= 0.6 is 0 Å². The lowest BCUT2D eigenvalue weighted by molar-refractivity contribution is 0.0688. The third-order valence-corrected chi connectivity index (χ3v) is 4.82. The molecule has 2 aromatic rings. The molecule has 0 saturated carbocycles. The molecule has 8 heteroatoms. The van der Waals surface area contributed by atoms with Crippen LogP contribution in [-0.2, 0) is 4.74 Å². The minimum Gasteiger partial charge on any atom is -0.493 e. The SMILES string of the molecule is COCCCOc1cccc(C(=O)N2CCC(n3cc(C(=O)O)cn3)CC2)c1. The van der Waals surface area contributed by atoms with Crippen LogP contribution in [0.3, 0.4) is 0 Å². The van der Waals surface area contributed by atoms with Crippen molar-refractivity contribution in [3.05, 3.63) is 47.8 Å². The zero-order chi connectivity index (χ0) is 19.9. The van der Waals surface area contributed by atoms with Crippen molar-refractivity contribution >= 4 is 11.9 Å². The first-order chi connectivity index (χ1) is 13.6. The van der Waals surface area contributed by atoms with Crippen molar-refractivity contribution in [3.8, 4) is 5.75 Å². The summed E-state index contributed by atoms with van der Waals surface area (Å²) in [4.78, 5) is 25.6. The number of ether oxygens (including phenoxy) is 2. The summed E-state index contributed by atoms with van der Waals surface area (Å²) in [5.41, 5.74) is 0.788. The number of amides is 1. The first-order valence-corrected chi connectivity index (χ1v) is 9.37. The lowest BCUT2D eigenvalue weighted by atomic mass is 10.0. The maximum Gasteiger partial charge on any atom is 0.338 e. The number of aromatic nitrogens is 2. The van der Waals surface area contributed by atoms with Crippen LogP contribution in [-0.4, -0.2) is 65.1 Å². The smallest absolute Gasteiger partial charge is 0.338 e. The Kier molecular flexibility index (Phi) is 6.65. The van der Waals surface area contributed by atoms with Gasteiger partial charge in [-0.3, -0.25) is 9.48 Å². The van der Waals surface area contributed by atoms with Gasteiger partial charge in [0.1, 0.15) is 5.75 Å². The van der Waals surface area contributed by atoms with Gasteiger partial charge in [-0.05, 0) is 31.0 Å². The molecule has 0 radical (unpaired) electrons. The molecule has 150 valence electrons. The molecule has 1 amide bonds. The van der Waals surface area contributed by atoms with Gasteiger partial charge in [-0.1, -0.05) is 6.07 Å². The Labute approximate surface area is 163 Å². The van der Waals surface area contributed by atoms with Crippen molar-refractivity contribution in [2.45, 2.75) is 25.3 Å².